The fourth-order valence-corrected chi connectivity index (χ4v) is 2.29. The van der Waals surface area contributed by atoms with Crippen molar-refractivity contribution < 1.29 is 10.2 Å². The molecule has 1 fully saturated rings. The number of nitrogens with zero attached hydrogens (tertiary/aromatic N) is 3. The van der Waals surface area contributed by atoms with Gasteiger partial charge in [-0.15, -0.1) is 0 Å². The summed E-state index contributed by atoms with van der Waals surface area (Å²) in [7, 11) is 0. The van der Waals surface area contributed by atoms with Crippen LogP contribution in [-0.4, -0.2) is 56.5 Å². The molecule has 0 bridgehead atoms. The summed E-state index contributed by atoms with van der Waals surface area (Å²) in [6.45, 7) is 3.63. The standard InChI is InChI=1S/C12H21N3O2/c16-10-12(17)2-1-5-14(6-3-12)8-9-15-7-4-13-11-15/h4,7,11,16-17H,1-3,5-6,8-10H2. The van der Waals surface area contributed by atoms with Crippen molar-refractivity contribution >= 4 is 0 Å². The quantitative estimate of drug-likeness (QED) is 0.782. The van der Waals surface area contributed by atoms with Crippen LogP contribution in [-0.2, 0) is 6.54 Å². The molecule has 1 aliphatic heterocycles. The van der Waals surface area contributed by atoms with Crippen LogP contribution in [0.1, 0.15) is 19.3 Å². The van der Waals surface area contributed by atoms with Gasteiger partial charge in [0.15, 0.2) is 0 Å². The zero-order valence-electron chi connectivity index (χ0n) is 10.1. The number of hydrogen-bond acceptors (Lipinski definition) is 4. The lowest BCUT2D eigenvalue weighted by Crippen LogP contribution is -2.35. The highest BCUT2D eigenvalue weighted by atomic mass is 16.3. The minimum absolute atomic E-state index is 0.123. The molecule has 0 saturated carbocycles. The zero-order chi connectivity index (χ0) is 12.1. The molecule has 0 radical (unpaired) electrons. The first-order valence-corrected chi connectivity index (χ1v) is 6.23. The number of likely N-dealkylation sites (tertiary alicyclic amines) is 1. The number of imidazole rings is 1. The Kier molecular flexibility index (Phi) is 4.15. The highest BCUT2D eigenvalue weighted by Crippen LogP contribution is 2.21. The lowest BCUT2D eigenvalue weighted by atomic mass is 9.96. The van der Waals surface area contributed by atoms with Gasteiger partial charge < -0.3 is 19.7 Å². The average Bonchev–Trinajstić information content (AvgIpc) is 2.78. The van der Waals surface area contributed by atoms with E-state index in [1.165, 1.54) is 0 Å². The predicted molar refractivity (Wildman–Crippen MR) is 64.6 cm³/mol. The Morgan fingerprint density at radius 2 is 2.12 bits per heavy atom. The maximum Gasteiger partial charge on any atom is 0.0946 e. The molecule has 2 heterocycles. The van der Waals surface area contributed by atoms with E-state index in [2.05, 4.69) is 14.5 Å². The van der Waals surface area contributed by atoms with E-state index in [-0.39, 0.29) is 6.61 Å². The lowest BCUT2D eigenvalue weighted by Gasteiger charge is -2.24. The Labute approximate surface area is 102 Å². The molecule has 1 saturated heterocycles. The maximum atomic E-state index is 10.0. The van der Waals surface area contributed by atoms with E-state index in [9.17, 15) is 5.11 Å². The Bertz CT molecular complexity index is 329. The zero-order valence-corrected chi connectivity index (χ0v) is 10.1. The SMILES string of the molecule is OCC1(O)CCCN(CCn2ccnc2)CC1. The molecule has 2 N–H and O–H groups in total. The molecule has 17 heavy (non-hydrogen) atoms. The van der Waals surface area contributed by atoms with Gasteiger partial charge in [-0.25, -0.2) is 4.98 Å². The summed E-state index contributed by atoms with van der Waals surface area (Å²) in [5.74, 6) is 0. The van der Waals surface area contributed by atoms with E-state index >= 15 is 0 Å². The first-order valence-electron chi connectivity index (χ1n) is 6.23. The fraction of sp³-hybridized carbons (Fsp3) is 0.750. The van der Waals surface area contributed by atoms with E-state index in [0.717, 1.165) is 32.6 Å². The summed E-state index contributed by atoms with van der Waals surface area (Å²) in [5.41, 5.74) is -0.857. The smallest absolute Gasteiger partial charge is 0.0946 e. The number of rotatable bonds is 4. The van der Waals surface area contributed by atoms with Crippen molar-refractivity contribution in [1.29, 1.82) is 0 Å². The topological polar surface area (TPSA) is 61.5 Å². The first-order chi connectivity index (χ1) is 8.22. The van der Waals surface area contributed by atoms with E-state index in [0.29, 0.717) is 12.8 Å². The van der Waals surface area contributed by atoms with Crippen LogP contribution in [0.2, 0.25) is 0 Å². The molecule has 1 atom stereocenters. The van der Waals surface area contributed by atoms with Crippen LogP contribution < -0.4 is 0 Å². The Balaban J connectivity index is 1.79. The van der Waals surface area contributed by atoms with Crippen LogP contribution >= 0.6 is 0 Å². The molecule has 0 aliphatic carbocycles. The lowest BCUT2D eigenvalue weighted by molar-refractivity contribution is -0.0254. The summed E-state index contributed by atoms with van der Waals surface area (Å²) in [6.07, 6.45) is 7.87. The molecule has 96 valence electrons. The summed E-state index contributed by atoms with van der Waals surface area (Å²) in [6, 6.07) is 0. The molecule has 1 aliphatic rings. The second kappa shape index (κ2) is 5.62. The Morgan fingerprint density at radius 3 is 2.82 bits per heavy atom. The predicted octanol–water partition coefficient (Wildman–Crippen LogP) is 0.0924. The third kappa shape index (κ3) is 3.52. The normalized spacial score (nSPS) is 26.9. The van der Waals surface area contributed by atoms with Gasteiger partial charge in [0, 0.05) is 32.0 Å². The molecule has 1 unspecified atom stereocenters. The first kappa shape index (κ1) is 12.5. The summed E-state index contributed by atoms with van der Waals surface area (Å²) in [4.78, 5) is 6.35. The highest BCUT2D eigenvalue weighted by Gasteiger charge is 2.28. The second-order valence-electron chi connectivity index (χ2n) is 4.88. The third-order valence-corrected chi connectivity index (χ3v) is 3.54. The number of hydrogen-bond donors (Lipinski definition) is 2. The third-order valence-electron chi connectivity index (χ3n) is 3.54. The van der Waals surface area contributed by atoms with Gasteiger partial charge in [-0.2, -0.15) is 0 Å². The van der Waals surface area contributed by atoms with Gasteiger partial charge >= 0.3 is 0 Å². The largest absolute Gasteiger partial charge is 0.393 e. The highest BCUT2D eigenvalue weighted by molar-refractivity contribution is 4.83. The Morgan fingerprint density at radius 1 is 1.24 bits per heavy atom. The van der Waals surface area contributed by atoms with Gasteiger partial charge in [-0.1, -0.05) is 0 Å². The van der Waals surface area contributed by atoms with Crippen molar-refractivity contribution in [2.75, 3.05) is 26.2 Å². The molecular formula is C12H21N3O2. The van der Waals surface area contributed by atoms with E-state index in [1.807, 2.05) is 12.5 Å². The van der Waals surface area contributed by atoms with E-state index < -0.39 is 5.60 Å². The minimum Gasteiger partial charge on any atom is -0.393 e. The van der Waals surface area contributed by atoms with Gasteiger partial charge in [-0.3, -0.25) is 0 Å². The van der Waals surface area contributed by atoms with Crippen LogP contribution in [0.25, 0.3) is 0 Å². The number of aromatic nitrogens is 2. The van der Waals surface area contributed by atoms with Crippen molar-refractivity contribution in [2.45, 2.75) is 31.4 Å². The van der Waals surface area contributed by atoms with E-state index in [1.54, 1.807) is 6.20 Å². The molecule has 5 nitrogen and oxygen atoms in total. The van der Waals surface area contributed by atoms with Gasteiger partial charge in [0.25, 0.3) is 0 Å². The molecule has 1 aromatic rings. The van der Waals surface area contributed by atoms with Crippen LogP contribution in [0.4, 0.5) is 0 Å². The van der Waals surface area contributed by atoms with Gasteiger partial charge in [-0.05, 0) is 25.8 Å². The van der Waals surface area contributed by atoms with Crippen LogP contribution in [0, 0.1) is 0 Å². The molecule has 5 heteroatoms. The summed E-state index contributed by atoms with van der Waals surface area (Å²) in [5, 5.41) is 19.2. The minimum atomic E-state index is -0.857. The van der Waals surface area contributed by atoms with Crippen LogP contribution in [0.15, 0.2) is 18.7 Å². The summed E-state index contributed by atoms with van der Waals surface area (Å²) < 4.78 is 2.06. The van der Waals surface area contributed by atoms with Crippen molar-refractivity contribution in [3.63, 3.8) is 0 Å². The average molecular weight is 239 g/mol. The maximum absolute atomic E-state index is 10.0. The van der Waals surface area contributed by atoms with Gasteiger partial charge in [0.2, 0.25) is 0 Å². The van der Waals surface area contributed by atoms with Crippen molar-refractivity contribution in [3.05, 3.63) is 18.7 Å². The van der Waals surface area contributed by atoms with Gasteiger partial charge in [0.1, 0.15) is 0 Å². The van der Waals surface area contributed by atoms with Crippen molar-refractivity contribution in [2.24, 2.45) is 0 Å². The Hall–Kier alpha value is -0.910. The van der Waals surface area contributed by atoms with Crippen LogP contribution in [0.5, 0.6) is 0 Å². The molecule has 0 amide bonds. The molecule has 1 aromatic heterocycles. The van der Waals surface area contributed by atoms with E-state index in [4.69, 9.17) is 5.11 Å². The number of aliphatic hydroxyl groups is 2. The van der Waals surface area contributed by atoms with Crippen LogP contribution in [0.3, 0.4) is 0 Å². The fourth-order valence-electron chi connectivity index (χ4n) is 2.29. The molecular weight excluding hydrogens is 218 g/mol. The van der Waals surface area contributed by atoms with Crippen molar-refractivity contribution in [3.8, 4) is 0 Å². The van der Waals surface area contributed by atoms with Gasteiger partial charge in [0.05, 0.1) is 18.5 Å². The molecule has 2 rings (SSSR count). The summed E-state index contributed by atoms with van der Waals surface area (Å²) >= 11 is 0. The molecule has 0 spiro atoms. The molecule has 0 aromatic carbocycles. The van der Waals surface area contributed by atoms with Crippen molar-refractivity contribution in [1.82, 2.24) is 14.5 Å². The monoisotopic (exact) mass is 239 g/mol. The number of aliphatic hydroxyl groups excluding tert-OH is 1. The second-order valence-corrected chi connectivity index (χ2v) is 4.88.